The van der Waals surface area contributed by atoms with Gasteiger partial charge in [-0.1, -0.05) is 24.3 Å². The largest absolute Gasteiger partial charge is 0.494 e. The van der Waals surface area contributed by atoms with E-state index in [4.69, 9.17) is 19.9 Å². The second-order valence-corrected chi connectivity index (χ2v) is 7.58. The first-order valence-electron chi connectivity index (χ1n) is 10.3. The van der Waals surface area contributed by atoms with Gasteiger partial charge >= 0.3 is 0 Å². The number of ether oxygens (including phenoxy) is 3. The van der Waals surface area contributed by atoms with Crippen LogP contribution in [0.1, 0.15) is 35.2 Å². The number of hydrogen-bond acceptors (Lipinski definition) is 6. The zero-order valence-electron chi connectivity index (χ0n) is 18.7. The number of benzene rings is 2. The van der Waals surface area contributed by atoms with Crippen molar-refractivity contribution in [2.45, 2.75) is 25.5 Å². The number of hydrogen-bond donors (Lipinski definition) is 1. The maximum Gasteiger partial charge on any atom is 0.189 e. The molecule has 2 aromatic carbocycles. The standard InChI is InChI=1S/C24H30N2O4.Na/c1-26(2)15-4-3-5-16-28-19-12-9-18(10-13-19)11-14-21(27)20-7-6-8-22-24(20)30-23(25)17-29-22;/h6-14,23H,3-5,15-17,25H2,1-2H3;. The number of carbonyl (C=O) groups is 1. The molecule has 1 aliphatic rings. The first-order valence-corrected chi connectivity index (χ1v) is 10.3. The van der Waals surface area contributed by atoms with Crippen molar-refractivity contribution in [3.63, 3.8) is 0 Å². The van der Waals surface area contributed by atoms with Gasteiger partial charge in [-0.2, -0.15) is 0 Å². The zero-order valence-corrected chi connectivity index (χ0v) is 20.7. The molecule has 0 spiro atoms. The van der Waals surface area contributed by atoms with Crippen molar-refractivity contribution >= 4 is 41.4 Å². The van der Waals surface area contributed by atoms with Gasteiger partial charge in [0.1, 0.15) is 12.4 Å². The molecule has 31 heavy (non-hydrogen) atoms. The summed E-state index contributed by atoms with van der Waals surface area (Å²) >= 11 is 0. The van der Waals surface area contributed by atoms with Gasteiger partial charge in [-0.15, -0.1) is 0 Å². The fourth-order valence-corrected chi connectivity index (χ4v) is 3.14. The van der Waals surface area contributed by atoms with Crippen LogP contribution in [0.3, 0.4) is 0 Å². The number of nitrogens with zero attached hydrogens (tertiary/aromatic N) is 1. The summed E-state index contributed by atoms with van der Waals surface area (Å²) in [6.45, 7) is 2.09. The maximum absolute atomic E-state index is 12.6. The monoisotopic (exact) mass is 433 g/mol. The molecule has 1 atom stereocenters. The Morgan fingerprint density at radius 3 is 2.68 bits per heavy atom. The molecule has 0 bridgehead atoms. The van der Waals surface area contributed by atoms with Gasteiger partial charge in [-0.3, -0.25) is 10.5 Å². The number of rotatable bonds is 10. The molecule has 2 N–H and O–H groups in total. The van der Waals surface area contributed by atoms with E-state index < -0.39 is 6.23 Å². The summed E-state index contributed by atoms with van der Waals surface area (Å²) in [5, 5.41) is 0. The Labute approximate surface area is 206 Å². The number of ketones is 1. The van der Waals surface area contributed by atoms with Crippen LogP contribution in [0.2, 0.25) is 0 Å². The third-order valence-electron chi connectivity index (χ3n) is 4.74. The molecule has 3 rings (SSSR count). The van der Waals surface area contributed by atoms with E-state index in [2.05, 4.69) is 19.0 Å². The van der Waals surface area contributed by atoms with E-state index in [1.165, 1.54) is 12.5 Å². The van der Waals surface area contributed by atoms with Crippen LogP contribution in [-0.4, -0.2) is 80.3 Å². The van der Waals surface area contributed by atoms with Gasteiger partial charge in [0.15, 0.2) is 23.5 Å². The number of carbonyl (C=O) groups excluding carboxylic acids is 1. The maximum atomic E-state index is 12.6. The topological polar surface area (TPSA) is 74.0 Å². The van der Waals surface area contributed by atoms with Crippen LogP contribution >= 0.6 is 0 Å². The van der Waals surface area contributed by atoms with Crippen molar-refractivity contribution in [1.82, 2.24) is 4.90 Å². The van der Waals surface area contributed by atoms with Crippen LogP contribution in [0.15, 0.2) is 48.5 Å². The zero-order chi connectivity index (χ0) is 21.3. The van der Waals surface area contributed by atoms with Gasteiger partial charge in [-0.05, 0) is 75.8 Å². The van der Waals surface area contributed by atoms with E-state index in [1.54, 1.807) is 24.3 Å². The van der Waals surface area contributed by atoms with Crippen LogP contribution in [0, 0.1) is 0 Å². The van der Waals surface area contributed by atoms with E-state index in [1.807, 2.05) is 24.3 Å². The molecular weight excluding hydrogens is 403 g/mol. The van der Waals surface area contributed by atoms with Gasteiger partial charge in [0.05, 0.1) is 12.2 Å². The van der Waals surface area contributed by atoms with Crippen LogP contribution in [0.5, 0.6) is 17.2 Å². The normalized spacial score (nSPS) is 15.0. The SMILES string of the molecule is CN(C)CCCCCOc1ccc(C=CC(=O)c2cccc3c2OC(N)CO3)cc1.[Na]. The third kappa shape index (κ3) is 7.98. The van der Waals surface area contributed by atoms with Gasteiger partial charge < -0.3 is 19.1 Å². The summed E-state index contributed by atoms with van der Waals surface area (Å²) in [4.78, 5) is 14.8. The fraction of sp³-hybridized carbons (Fsp3) is 0.375. The van der Waals surface area contributed by atoms with Crippen molar-refractivity contribution in [1.29, 1.82) is 0 Å². The molecule has 2 aromatic rings. The Morgan fingerprint density at radius 2 is 1.94 bits per heavy atom. The summed E-state index contributed by atoms with van der Waals surface area (Å²) in [6.07, 6.45) is 6.11. The minimum atomic E-state index is -0.573. The van der Waals surface area contributed by atoms with Crippen molar-refractivity contribution < 1.29 is 19.0 Å². The first kappa shape index (κ1) is 25.4. The second kappa shape index (κ2) is 12.9. The Morgan fingerprint density at radius 1 is 1.16 bits per heavy atom. The van der Waals surface area contributed by atoms with Crippen molar-refractivity contribution in [2.24, 2.45) is 5.73 Å². The number of allylic oxidation sites excluding steroid dienone is 1. The van der Waals surface area contributed by atoms with Crippen molar-refractivity contribution in [3.05, 3.63) is 59.7 Å². The van der Waals surface area contributed by atoms with Crippen molar-refractivity contribution in [2.75, 3.05) is 33.9 Å². The number of nitrogens with two attached hydrogens (primary N) is 1. The van der Waals surface area contributed by atoms with Crippen LogP contribution in [-0.2, 0) is 0 Å². The Bertz CT molecular complexity index is 868. The van der Waals surface area contributed by atoms with E-state index >= 15 is 0 Å². The summed E-state index contributed by atoms with van der Waals surface area (Å²) < 4.78 is 16.9. The van der Waals surface area contributed by atoms with E-state index in [-0.39, 0.29) is 41.9 Å². The van der Waals surface area contributed by atoms with Crippen LogP contribution in [0.25, 0.3) is 6.08 Å². The molecule has 0 aromatic heterocycles. The molecular formula is C24H30N2NaO4. The minimum absolute atomic E-state index is 0. The van der Waals surface area contributed by atoms with E-state index in [9.17, 15) is 4.79 Å². The van der Waals surface area contributed by atoms with Crippen molar-refractivity contribution in [3.8, 4) is 17.2 Å². The Hall–Kier alpha value is -1.83. The molecule has 1 unspecified atom stereocenters. The molecule has 6 nitrogen and oxygen atoms in total. The molecule has 0 saturated heterocycles. The van der Waals surface area contributed by atoms with E-state index in [0.29, 0.717) is 23.7 Å². The van der Waals surface area contributed by atoms with E-state index in [0.717, 1.165) is 30.7 Å². The summed E-state index contributed by atoms with van der Waals surface area (Å²) in [6, 6.07) is 13.0. The molecule has 0 saturated carbocycles. The molecule has 0 fully saturated rings. The molecule has 161 valence electrons. The third-order valence-corrected chi connectivity index (χ3v) is 4.74. The molecule has 0 aliphatic carbocycles. The molecule has 1 heterocycles. The fourth-order valence-electron chi connectivity index (χ4n) is 3.14. The van der Waals surface area contributed by atoms with Gasteiger partial charge in [0, 0.05) is 29.6 Å². The summed E-state index contributed by atoms with van der Waals surface area (Å²) in [5.74, 6) is 1.62. The average molecular weight is 434 g/mol. The van der Waals surface area contributed by atoms with Crippen LogP contribution < -0.4 is 19.9 Å². The number of fused-ring (bicyclic) bond motifs is 1. The molecule has 1 radical (unpaired) electrons. The molecule has 1 aliphatic heterocycles. The predicted molar refractivity (Wildman–Crippen MR) is 124 cm³/mol. The first-order chi connectivity index (χ1) is 14.5. The molecule has 7 heteroatoms. The summed E-state index contributed by atoms with van der Waals surface area (Å²) in [7, 11) is 4.18. The Kier molecular flexibility index (Phi) is 10.6. The van der Waals surface area contributed by atoms with Gasteiger partial charge in [-0.25, -0.2) is 0 Å². The molecule has 0 amide bonds. The summed E-state index contributed by atoms with van der Waals surface area (Å²) in [5.41, 5.74) is 7.13. The smallest absolute Gasteiger partial charge is 0.189 e. The minimum Gasteiger partial charge on any atom is -0.494 e. The quantitative estimate of drug-likeness (QED) is 0.268. The number of para-hydroxylation sites is 1. The van der Waals surface area contributed by atoms with Crippen LogP contribution in [0.4, 0.5) is 0 Å². The predicted octanol–water partition coefficient (Wildman–Crippen LogP) is 3.37. The van der Waals surface area contributed by atoms with Gasteiger partial charge in [0.2, 0.25) is 0 Å². The Balaban J connectivity index is 0.00000341. The number of unbranched alkanes of at least 4 members (excludes halogenated alkanes) is 2. The second-order valence-electron chi connectivity index (χ2n) is 7.58. The van der Waals surface area contributed by atoms with Gasteiger partial charge in [0.25, 0.3) is 0 Å². The average Bonchev–Trinajstić information content (AvgIpc) is 2.74.